The molecule has 1 saturated carbocycles. The van der Waals surface area contributed by atoms with Crippen LogP contribution in [0.1, 0.15) is 17.9 Å². The Morgan fingerprint density at radius 3 is 2.80 bits per heavy atom. The Morgan fingerprint density at radius 2 is 2.05 bits per heavy atom. The average Bonchev–Trinajstić information content (AvgIpc) is 3.26. The van der Waals surface area contributed by atoms with Crippen LogP contribution in [0.25, 0.3) is 0 Å². The van der Waals surface area contributed by atoms with Crippen molar-refractivity contribution >= 4 is 11.9 Å². The third-order valence-corrected chi connectivity index (χ3v) is 3.27. The van der Waals surface area contributed by atoms with Crippen molar-refractivity contribution in [3.05, 3.63) is 54.1 Å². The number of hydrazine groups is 1. The second-order valence-corrected chi connectivity index (χ2v) is 4.69. The lowest BCUT2D eigenvalue weighted by atomic mass is 10.1. The fraction of sp³-hybridized carbons (Fsp3) is 0.214. The molecule has 0 spiro atoms. The summed E-state index contributed by atoms with van der Waals surface area (Å²) in [4.78, 5) is 19.8. The van der Waals surface area contributed by atoms with Crippen molar-refractivity contribution in [2.75, 3.05) is 5.43 Å². The number of carbonyl (C=O) groups excluding carboxylic acids is 1. The summed E-state index contributed by atoms with van der Waals surface area (Å²) in [6, 6.07) is 8.07. The molecule has 20 heavy (non-hydrogen) atoms. The molecule has 1 aromatic carbocycles. The van der Waals surface area contributed by atoms with E-state index in [2.05, 4.69) is 20.8 Å². The van der Waals surface area contributed by atoms with Gasteiger partial charge in [0.15, 0.2) is 0 Å². The van der Waals surface area contributed by atoms with Crippen LogP contribution in [0.15, 0.2) is 42.7 Å². The first-order valence-electron chi connectivity index (χ1n) is 6.32. The second kappa shape index (κ2) is 5.24. The van der Waals surface area contributed by atoms with Gasteiger partial charge in [-0.05, 0) is 36.1 Å². The summed E-state index contributed by atoms with van der Waals surface area (Å²) in [7, 11) is 0. The average molecular weight is 272 g/mol. The number of carbonyl (C=O) groups is 1. The third-order valence-electron chi connectivity index (χ3n) is 3.27. The van der Waals surface area contributed by atoms with Gasteiger partial charge in [0, 0.05) is 18.3 Å². The number of hydrogen-bond donors (Lipinski definition) is 2. The summed E-state index contributed by atoms with van der Waals surface area (Å²) < 4.78 is 13.1. The standard InChI is InChI=1S/C14H13FN4O/c15-10-4-1-3-9(7-10)11-8-12(11)13(20)18-19-14-16-5-2-6-17-14/h1-7,11-12H,8H2,(H,18,20)(H,16,17,19). The monoisotopic (exact) mass is 272 g/mol. The number of halogens is 1. The largest absolute Gasteiger partial charge is 0.273 e. The highest BCUT2D eigenvalue weighted by Gasteiger charge is 2.44. The van der Waals surface area contributed by atoms with E-state index >= 15 is 0 Å². The molecule has 0 saturated heterocycles. The molecule has 2 aromatic rings. The Morgan fingerprint density at radius 1 is 1.25 bits per heavy atom. The minimum absolute atomic E-state index is 0.0872. The molecule has 5 nitrogen and oxygen atoms in total. The molecule has 3 rings (SSSR count). The Labute approximate surface area is 115 Å². The maximum atomic E-state index is 13.1. The van der Waals surface area contributed by atoms with Gasteiger partial charge in [0.2, 0.25) is 11.9 Å². The Balaban J connectivity index is 1.55. The van der Waals surface area contributed by atoms with Gasteiger partial charge in [-0.3, -0.25) is 15.6 Å². The first-order chi connectivity index (χ1) is 9.74. The van der Waals surface area contributed by atoms with Gasteiger partial charge in [-0.1, -0.05) is 12.1 Å². The fourth-order valence-electron chi connectivity index (χ4n) is 2.16. The van der Waals surface area contributed by atoms with Crippen LogP contribution in [-0.2, 0) is 4.79 Å². The Kier molecular flexibility index (Phi) is 3.28. The molecule has 2 N–H and O–H groups in total. The van der Waals surface area contributed by atoms with E-state index in [-0.39, 0.29) is 23.6 Å². The van der Waals surface area contributed by atoms with Crippen LogP contribution in [0, 0.1) is 11.7 Å². The third kappa shape index (κ3) is 2.74. The van der Waals surface area contributed by atoms with Crippen molar-refractivity contribution in [2.45, 2.75) is 12.3 Å². The topological polar surface area (TPSA) is 66.9 Å². The number of nitrogens with one attached hydrogen (secondary N) is 2. The maximum absolute atomic E-state index is 13.1. The number of aromatic nitrogens is 2. The molecule has 0 bridgehead atoms. The predicted octanol–water partition coefficient (Wildman–Crippen LogP) is 1.86. The zero-order valence-corrected chi connectivity index (χ0v) is 10.6. The van der Waals surface area contributed by atoms with Gasteiger partial charge in [-0.2, -0.15) is 0 Å². The smallest absolute Gasteiger partial charge is 0.242 e. The van der Waals surface area contributed by atoms with E-state index in [1.165, 1.54) is 12.1 Å². The minimum Gasteiger partial charge on any atom is -0.273 e. The summed E-state index contributed by atoms with van der Waals surface area (Å²) in [5, 5.41) is 0. The predicted molar refractivity (Wildman–Crippen MR) is 71.0 cm³/mol. The van der Waals surface area contributed by atoms with Gasteiger partial charge >= 0.3 is 0 Å². The van der Waals surface area contributed by atoms with Gasteiger partial charge in [-0.15, -0.1) is 0 Å². The molecule has 0 radical (unpaired) electrons. The number of nitrogens with zero attached hydrogens (tertiary/aromatic N) is 2. The van der Waals surface area contributed by atoms with E-state index < -0.39 is 0 Å². The lowest BCUT2D eigenvalue weighted by Gasteiger charge is -2.06. The fourth-order valence-corrected chi connectivity index (χ4v) is 2.16. The van der Waals surface area contributed by atoms with E-state index in [0.29, 0.717) is 5.95 Å². The molecule has 1 aliphatic carbocycles. The molecule has 102 valence electrons. The molecule has 1 amide bonds. The van der Waals surface area contributed by atoms with Crippen LogP contribution in [0.5, 0.6) is 0 Å². The molecule has 0 aliphatic heterocycles. The second-order valence-electron chi connectivity index (χ2n) is 4.69. The summed E-state index contributed by atoms with van der Waals surface area (Å²) in [6.45, 7) is 0. The van der Waals surface area contributed by atoms with E-state index in [9.17, 15) is 9.18 Å². The molecule has 2 unspecified atom stereocenters. The first kappa shape index (κ1) is 12.5. The van der Waals surface area contributed by atoms with Crippen LogP contribution >= 0.6 is 0 Å². The van der Waals surface area contributed by atoms with Crippen molar-refractivity contribution in [2.24, 2.45) is 5.92 Å². The first-order valence-corrected chi connectivity index (χ1v) is 6.32. The Hall–Kier alpha value is -2.50. The van der Waals surface area contributed by atoms with Crippen molar-refractivity contribution in [1.82, 2.24) is 15.4 Å². The van der Waals surface area contributed by atoms with Gasteiger partial charge in [0.05, 0.1) is 0 Å². The summed E-state index contributed by atoms with van der Waals surface area (Å²) >= 11 is 0. The number of hydrogen-bond acceptors (Lipinski definition) is 4. The number of rotatable bonds is 4. The maximum Gasteiger partial charge on any atom is 0.242 e. The van der Waals surface area contributed by atoms with Gasteiger partial charge in [-0.25, -0.2) is 14.4 Å². The molecular formula is C14H13FN4O. The molecule has 1 aliphatic rings. The lowest BCUT2D eigenvalue weighted by Crippen LogP contribution is -2.31. The molecular weight excluding hydrogens is 259 g/mol. The zero-order chi connectivity index (χ0) is 13.9. The zero-order valence-electron chi connectivity index (χ0n) is 10.6. The summed E-state index contributed by atoms with van der Waals surface area (Å²) in [6.07, 6.45) is 3.88. The van der Waals surface area contributed by atoms with Crippen LogP contribution < -0.4 is 10.9 Å². The van der Waals surface area contributed by atoms with Gasteiger partial charge in [0.1, 0.15) is 5.82 Å². The number of anilines is 1. The highest BCUT2D eigenvalue weighted by atomic mass is 19.1. The van der Waals surface area contributed by atoms with E-state index in [4.69, 9.17) is 0 Å². The molecule has 1 aromatic heterocycles. The van der Waals surface area contributed by atoms with Crippen LogP contribution in [0.4, 0.5) is 10.3 Å². The Bertz CT molecular complexity index is 620. The van der Waals surface area contributed by atoms with Crippen LogP contribution in [0.3, 0.4) is 0 Å². The number of benzene rings is 1. The summed E-state index contributed by atoms with van der Waals surface area (Å²) in [5.41, 5.74) is 6.08. The highest BCUT2D eigenvalue weighted by molar-refractivity contribution is 5.83. The van der Waals surface area contributed by atoms with Crippen molar-refractivity contribution < 1.29 is 9.18 Å². The number of amides is 1. The normalized spacial score (nSPS) is 20.2. The van der Waals surface area contributed by atoms with E-state index in [1.54, 1.807) is 24.5 Å². The van der Waals surface area contributed by atoms with Gasteiger partial charge in [0.25, 0.3) is 0 Å². The van der Waals surface area contributed by atoms with E-state index in [0.717, 1.165) is 12.0 Å². The van der Waals surface area contributed by atoms with Crippen LogP contribution in [0.2, 0.25) is 0 Å². The minimum atomic E-state index is -0.274. The molecule has 1 fully saturated rings. The van der Waals surface area contributed by atoms with E-state index in [1.807, 2.05) is 6.07 Å². The van der Waals surface area contributed by atoms with Crippen molar-refractivity contribution in [3.8, 4) is 0 Å². The SMILES string of the molecule is O=C(NNc1ncccn1)C1CC1c1cccc(F)c1. The van der Waals surface area contributed by atoms with Crippen molar-refractivity contribution in [1.29, 1.82) is 0 Å². The van der Waals surface area contributed by atoms with Crippen molar-refractivity contribution in [3.63, 3.8) is 0 Å². The molecule has 2 atom stereocenters. The molecule has 1 heterocycles. The summed E-state index contributed by atoms with van der Waals surface area (Å²) in [5.74, 6) is -0.114. The molecule has 6 heteroatoms. The highest BCUT2D eigenvalue weighted by Crippen LogP contribution is 2.47. The lowest BCUT2D eigenvalue weighted by molar-refractivity contribution is -0.121. The van der Waals surface area contributed by atoms with Gasteiger partial charge < -0.3 is 0 Å². The quantitative estimate of drug-likeness (QED) is 0.834. The van der Waals surface area contributed by atoms with Crippen LogP contribution in [-0.4, -0.2) is 15.9 Å².